The SMILES string of the molecule is CCC(C)C(NC(=O)C1OC1C(=O)O)C(=O)NCCCCN. The van der Waals surface area contributed by atoms with E-state index >= 15 is 0 Å². The molecule has 8 nitrogen and oxygen atoms in total. The number of carboxylic acids is 1. The van der Waals surface area contributed by atoms with Gasteiger partial charge < -0.3 is 26.2 Å². The van der Waals surface area contributed by atoms with Crippen LogP contribution < -0.4 is 16.4 Å². The lowest BCUT2D eigenvalue weighted by Crippen LogP contribution is -2.51. The molecule has 5 N–H and O–H groups in total. The van der Waals surface area contributed by atoms with Gasteiger partial charge in [-0.1, -0.05) is 20.3 Å². The van der Waals surface area contributed by atoms with Crippen LogP contribution in [0.3, 0.4) is 0 Å². The maximum absolute atomic E-state index is 12.2. The summed E-state index contributed by atoms with van der Waals surface area (Å²) in [4.78, 5) is 34.8. The molecule has 4 atom stereocenters. The summed E-state index contributed by atoms with van der Waals surface area (Å²) in [6, 6.07) is -0.700. The molecule has 8 heteroatoms. The lowest BCUT2D eigenvalue weighted by atomic mass is 9.98. The van der Waals surface area contributed by atoms with Crippen molar-refractivity contribution in [2.45, 2.75) is 51.4 Å². The van der Waals surface area contributed by atoms with Gasteiger partial charge in [-0.15, -0.1) is 0 Å². The Labute approximate surface area is 129 Å². The lowest BCUT2D eigenvalue weighted by molar-refractivity contribution is -0.138. The van der Waals surface area contributed by atoms with E-state index in [2.05, 4.69) is 10.6 Å². The van der Waals surface area contributed by atoms with Crippen LogP contribution in [0, 0.1) is 5.92 Å². The Morgan fingerprint density at radius 3 is 2.45 bits per heavy atom. The zero-order chi connectivity index (χ0) is 16.7. The van der Waals surface area contributed by atoms with Crippen molar-refractivity contribution in [2.75, 3.05) is 13.1 Å². The van der Waals surface area contributed by atoms with Crippen LogP contribution >= 0.6 is 0 Å². The Morgan fingerprint density at radius 2 is 1.95 bits per heavy atom. The predicted octanol–water partition coefficient (Wildman–Crippen LogP) is -0.776. The summed E-state index contributed by atoms with van der Waals surface area (Å²) < 4.78 is 4.79. The maximum atomic E-state index is 12.2. The number of aliphatic carboxylic acids is 1. The zero-order valence-electron chi connectivity index (χ0n) is 13.0. The molecular formula is C14H25N3O5. The van der Waals surface area contributed by atoms with Gasteiger partial charge in [0.2, 0.25) is 5.91 Å². The fraction of sp³-hybridized carbons (Fsp3) is 0.786. The Balaban J connectivity index is 2.52. The van der Waals surface area contributed by atoms with Gasteiger partial charge in [-0.05, 0) is 25.3 Å². The van der Waals surface area contributed by atoms with Crippen LogP contribution in [0.25, 0.3) is 0 Å². The molecule has 22 heavy (non-hydrogen) atoms. The molecule has 0 aromatic heterocycles. The molecule has 0 aromatic carbocycles. The average Bonchev–Trinajstić information content (AvgIpc) is 3.28. The predicted molar refractivity (Wildman–Crippen MR) is 79.0 cm³/mol. The molecule has 1 rings (SSSR count). The second-order valence-electron chi connectivity index (χ2n) is 5.47. The normalized spacial score (nSPS) is 22.5. The Kier molecular flexibility index (Phi) is 7.26. The third-order valence-electron chi connectivity index (χ3n) is 3.72. The van der Waals surface area contributed by atoms with Gasteiger partial charge in [0, 0.05) is 6.54 Å². The molecule has 2 amide bonds. The highest BCUT2D eigenvalue weighted by Crippen LogP contribution is 2.23. The first kappa shape index (κ1) is 18.4. The van der Waals surface area contributed by atoms with Gasteiger partial charge in [0.15, 0.2) is 12.2 Å². The number of carbonyl (C=O) groups excluding carboxylic acids is 2. The first-order valence-electron chi connectivity index (χ1n) is 7.58. The Hall–Kier alpha value is -1.67. The quantitative estimate of drug-likeness (QED) is 0.309. The summed E-state index contributed by atoms with van der Waals surface area (Å²) in [5, 5.41) is 14.1. The van der Waals surface area contributed by atoms with E-state index < -0.39 is 30.1 Å². The minimum absolute atomic E-state index is 0.0690. The number of nitrogens with two attached hydrogens (primary N) is 1. The number of amides is 2. The molecule has 1 heterocycles. The summed E-state index contributed by atoms with van der Waals surface area (Å²) in [5.74, 6) is -2.07. The number of hydrogen-bond donors (Lipinski definition) is 4. The first-order chi connectivity index (χ1) is 10.4. The summed E-state index contributed by atoms with van der Waals surface area (Å²) in [5.41, 5.74) is 5.39. The standard InChI is InChI=1S/C14H25N3O5/c1-3-8(2)9(12(18)16-7-5-4-6-15)17-13(19)10-11(22-10)14(20)21/h8-11H,3-7,15H2,1-2H3,(H,16,18)(H,17,19)(H,20,21). The van der Waals surface area contributed by atoms with Gasteiger partial charge in [0.1, 0.15) is 6.04 Å². The molecule has 1 saturated heterocycles. The fourth-order valence-electron chi connectivity index (χ4n) is 2.03. The second kappa shape index (κ2) is 8.70. The number of carboxylic acid groups (broad SMARTS) is 1. The largest absolute Gasteiger partial charge is 0.479 e. The molecule has 4 unspecified atom stereocenters. The number of epoxide rings is 1. The van der Waals surface area contributed by atoms with Crippen molar-refractivity contribution in [1.29, 1.82) is 0 Å². The molecule has 0 bridgehead atoms. The number of carbonyl (C=O) groups is 3. The maximum Gasteiger partial charge on any atom is 0.336 e. The molecule has 0 aromatic rings. The molecule has 1 fully saturated rings. The number of unbranched alkanes of at least 4 members (excludes halogenated alkanes) is 1. The molecular weight excluding hydrogens is 290 g/mol. The number of nitrogens with one attached hydrogen (secondary N) is 2. The summed E-state index contributed by atoms with van der Waals surface area (Å²) in [6.45, 7) is 4.83. The van der Waals surface area contributed by atoms with Gasteiger partial charge in [-0.2, -0.15) is 0 Å². The van der Waals surface area contributed by atoms with E-state index in [1.54, 1.807) is 0 Å². The second-order valence-corrected chi connectivity index (χ2v) is 5.47. The van der Waals surface area contributed by atoms with E-state index in [0.29, 0.717) is 19.5 Å². The van der Waals surface area contributed by atoms with Crippen LogP contribution in [0.5, 0.6) is 0 Å². The fourth-order valence-corrected chi connectivity index (χ4v) is 2.03. The van der Waals surface area contributed by atoms with E-state index in [4.69, 9.17) is 15.6 Å². The minimum atomic E-state index is -1.17. The van der Waals surface area contributed by atoms with Crippen molar-refractivity contribution >= 4 is 17.8 Å². The minimum Gasteiger partial charge on any atom is -0.479 e. The van der Waals surface area contributed by atoms with Crippen molar-refractivity contribution in [2.24, 2.45) is 11.7 Å². The van der Waals surface area contributed by atoms with E-state index in [1.807, 2.05) is 13.8 Å². The van der Waals surface area contributed by atoms with Crippen LogP contribution in [0.4, 0.5) is 0 Å². The molecule has 0 aliphatic carbocycles. The summed E-state index contributed by atoms with van der Waals surface area (Å²) >= 11 is 0. The molecule has 1 aliphatic heterocycles. The molecule has 0 saturated carbocycles. The van der Waals surface area contributed by atoms with Crippen LogP contribution in [0.15, 0.2) is 0 Å². The van der Waals surface area contributed by atoms with Crippen LogP contribution in [0.1, 0.15) is 33.1 Å². The van der Waals surface area contributed by atoms with Gasteiger partial charge in [0.05, 0.1) is 0 Å². The van der Waals surface area contributed by atoms with E-state index in [9.17, 15) is 14.4 Å². The highest BCUT2D eigenvalue weighted by molar-refractivity contribution is 5.95. The van der Waals surface area contributed by atoms with E-state index in [0.717, 1.165) is 12.8 Å². The van der Waals surface area contributed by atoms with Crippen molar-refractivity contribution in [3.8, 4) is 0 Å². The topological polar surface area (TPSA) is 134 Å². The molecule has 1 aliphatic rings. The summed E-state index contributed by atoms with van der Waals surface area (Å²) in [6.07, 6.45) is 0.182. The van der Waals surface area contributed by atoms with Crippen LogP contribution in [-0.2, 0) is 19.1 Å². The zero-order valence-corrected chi connectivity index (χ0v) is 13.0. The number of ether oxygens (including phenoxy) is 1. The van der Waals surface area contributed by atoms with Gasteiger partial charge in [-0.3, -0.25) is 9.59 Å². The number of hydrogen-bond acceptors (Lipinski definition) is 5. The number of rotatable bonds is 10. The smallest absolute Gasteiger partial charge is 0.336 e. The highest BCUT2D eigenvalue weighted by Gasteiger charge is 2.51. The molecule has 126 valence electrons. The lowest BCUT2D eigenvalue weighted by Gasteiger charge is -2.23. The Morgan fingerprint density at radius 1 is 1.27 bits per heavy atom. The van der Waals surface area contributed by atoms with Gasteiger partial charge >= 0.3 is 5.97 Å². The van der Waals surface area contributed by atoms with Gasteiger partial charge in [0.25, 0.3) is 5.91 Å². The van der Waals surface area contributed by atoms with E-state index in [-0.39, 0.29) is 11.8 Å². The van der Waals surface area contributed by atoms with Crippen molar-refractivity contribution in [3.63, 3.8) is 0 Å². The van der Waals surface area contributed by atoms with Crippen molar-refractivity contribution < 1.29 is 24.2 Å². The third-order valence-corrected chi connectivity index (χ3v) is 3.72. The van der Waals surface area contributed by atoms with Crippen molar-refractivity contribution in [3.05, 3.63) is 0 Å². The van der Waals surface area contributed by atoms with Crippen molar-refractivity contribution in [1.82, 2.24) is 10.6 Å². The molecule has 0 radical (unpaired) electrons. The van der Waals surface area contributed by atoms with E-state index in [1.165, 1.54) is 0 Å². The Bertz CT molecular complexity index is 415. The third kappa shape index (κ3) is 5.27. The first-order valence-corrected chi connectivity index (χ1v) is 7.58. The monoisotopic (exact) mass is 315 g/mol. The summed E-state index contributed by atoms with van der Waals surface area (Å²) in [7, 11) is 0. The van der Waals surface area contributed by atoms with Gasteiger partial charge in [-0.25, -0.2) is 4.79 Å². The highest BCUT2D eigenvalue weighted by atomic mass is 16.6. The average molecular weight is 315 g/mol. The van der Waals surface area contributed by atoms with Crippen LogP contribution in [-0.4, -0.2) is 54.2 Å². The molecule has 0 spiro atoms. The van der Waals surface area contributed by atoms with Crippen LogP contribution in [0.2, 0.25) is 0 Å².